The van der Waals surface area contributed by atoms with Crippen LogP contribution in [-0.2, 0) is 14.3 Å². The average Bonchev–Trinajstić information content (AvgIpc) is 3.00. The van der Waals surface area contributed by atoms with Crippen molar-refractivity contribution < 1.29 is 19.4 Å². The molecule has 2 aliphatic rings. The predicted molar refractivity (Wildman–Crippen MR) is 86.5 cm³/mol. The summed E-state index contributed by atoms with van der Waals surface area (Å²) in [7, 11) is 1.57. The number of rotatable bonds is 4. The van der Waals surface area contributed by atoms with Crippen LogP contribution in [0.4, 0.5) is 5.69 Å². The molecule has 0 bridgehead atoms. The SMILES string of the molecule is COC1OC=C(C(=O)Nc2ccccc2C)C2CC=C(CO)C12. The van der Waals surface area contributed by atoms with Gasteiger partial charge in [0.2, 0.25) is 6.29 Å². The average molecular weight is 315 g/mol. The van der Waals surface area contributed by atoms with E-state index in [1.165, 1.54) is 6.26 Å². The number of carbonyl (C=O) groups is 1. The van der Waals surface area contributed by atoms with Gasteiger partial charge in [-0.3, -0.25) is 4.79 Å². The van der Waals surface area contributed by atoms with Crippen LogP contribution in [0.25, 0.3) is 0 Å². The lowest BCUT2D eigenvalue weighted by atomic mass is 9.83. The quantitative estimate of drug-likeness (QED) is 0.837. The largest absolute Gasteiger partial charge is 0.471 e. The normalized spacial score (nSPS) is 26.0. The summed E-state index contributed by atoms with van der Waals surface area (Å²) in [5.41, 5.74) is 3.25. The molecule has 1 aromatic carbocycles. The molecule has 3 atom stereocenters. The van der Waals surface area contributed by atoms with Crippen LogP contribution in [-0.4, -0.2) is 31.0 Å². The third-order valence-electron chi connectivity index (χ3n) is 4.59. The van der Waals surface area contributed by atoms with Crippen molar-refractivity contribution in [3.8, 4) is 0 Å². The van der Waals surface area contributed by atoms with Crippen LogP contribution in [0, 0.1) is 18.8 Å². The van der Waals surface area contributed by atoms with Gasteiger partial charge < -0.3 is 19.9 Å². The van der Waals surface area contributed by atoms with Gasteiger partial charge in [0.25, 0.3) is 5.91 Å². The Morgan fingerprint density at radius 3 is 2.91 bits per heavy atom. The summed E-state index contributed by atoms with van der Waals surface area (Å²) >= 11 is 0. The number of nitrogens with one attached hydrogen (secondary N) is 1. The van der Waals surface area contributed by atoms with Crippen LogP contribution in [0.15, 0.2) is 47.7 Å². The fourth-order valence-electron chi connectivity index (χ4n) is 3.32. The lowest BCUT2D eigenvalue weighted by molar-refractivity contribution is -0.134. The van der Waals surface area contributed by atoms with Crippen LogP contribution in [0.5, 0.6) is 0 Å². The van der Waals surface area contributed by atoms with Gasteiger partial charge in [-0.2, -0.15) is 0 Å². The number of aliphatic hydroxyl groups excluding tert-OH is 1. The maximum atomic E-state index is 12.7. The highest BCUT2D eigenvalue weighted by atomic mass is 16.7. The Bertz CT molecular complexity index is 665. The summed E-state index contributed by atoms with van der Waals surface area (Å²) in [5, 5.41) is 12.5. The van der Waals surface area contributed by atoms with Crippen LogP contribution < -0.4 is 5.32 Å². The summed E-state index contributed by atoms with van der Waals surface area (Å²) in [4.78, 5) is 12.7. The number of benzene rings is 1. The highest BCUT2D eigenvalue weighted by molar-refractivity contribution is 6.04. The molecule has 23 heavy (non-hydrogen) atoms. The number of fused-ring (bicyclic) bond motifs is 1. The van der Waals surface area contributed by atoms with Gasteiger partial charge in [0, 0.05) is 18.7 Å². The van der Waals surface area contributed by atoms with Crippen molar-refractivity contribution in [3.63, 3.8) is 0 Å². The third-order valence-corrected chi connectivity index (χ3v) is 4.59. The minimum atomic E-state index is -0.462. The Hall–Kier alpha value is -2.11. The molecule has 3 unspecified atom stereocenters. The predicted octanol–water partition coefficient (Wildman–Crippen LogP) is 2.37. The summed E-state index contributed by atoms with van der Waals surface area (Å²) in [5.74, 6) is -0.316. The molecule has 1 heterocycles. The van der Waals surface area contributed by atoms with E-state index >= 15 is 0 Å². The molecular weight excluding hydrogens is 294 g/mol. The highest BCUT2D eigenvalue weighted by Crippen LogP contribution is 2.43. The van der Waals surface area contributed by atoms with E-state index < -0.39 is 6.29 Å². The van der Waals surface area contributed by atoms with Crippen molar-refractivity contribution >= 4 is 11.6 Å². The molecule has 5 nitrogen and oxygen atoms in total. The van der Waals surface area contributed by atoms with E-state index in [2.05, 4.69) is 5.32 Å². The Kier molecular flexibility index (Phi) is 4.50. The second-order valence-corrected chi connectivity index (χ2v) is 5.89. The number of para-hydroxylation sites is 1. The Morgan fingerprint density at radius 1 is 1.43 bits per heavy atom. The molecule has 0 fully saturated rings. The van der Waals surface area contributed by atoms with Gasteiger partial charge in [-0.25, -0.2) is 0 Å². The third kappa shape index (κ3) is 2.90. The van der Waals surface area contributed by atoms with Gasteiger partial charge in [0.15, 0.2) is 0 Å². The topological polar surface area (TPSA) is 67.8 Å². The van der Waals surface area contributed by atoms with E-state index in [9.17, 15) is 9.90 Å². The maximum absolute atomic E-state index is 12.7. The zero-order valence-electron chi connectivity index (χ0n) is 13.3. The van der Waals surface area contributed by atoms with E-state index in [1.807, 2.05) is 37.3 Å². The van der Waals surface area contributed by atoms with Gasteiger partial charge >= 0.3 is 0 Å². The first-order chi connectivity index (χ1) is 11.2. The van der Waals surface area contributed by atoms with Crippen molar-refractivity contribution in [2.45, 2.75) is 19.6 Å². The molecule has 122 valence electrons. The number of hydrogen-bond donors (Lipinski definition) is 2. The van der Waals surface area contributed by atoms with Crippen LogP contribution >= 0.6 is 0 Å². The first-order valence-electron chi connectivity index (χ1n) is 7.70. The summed E-state index contributed by atoms with van der Waals surface area (Å²) in [6.07, 6.45) is 3.72. The minimum Gasteiger partial charge on any atom is -0.471 e. The highest BCUT2D eigenvalue weighted by Gasteiger charge is 2.43. The van der Waals surface area contributed by atoms with Crippen molar-refractivity contribution in [1.82, 2.24) is 0 Å². The fraction of sp³-hybridized carbons (Fsp3) is 0.389. The lowest BCUT2D eigenvalue weighted by Crippen LogP contribution is -2.37. The van der Waals surface area contributed by atoms with Crippen molar-refractivity contribution in [1.29, 1.82) is 0 Å². The molecule has 1 aliphatic carbocycles. The summed E-state index contributed by atoms with van der Waals surface area (Å²) in [6.45, 7) is 1.91. The number of aryl methyl sites for hydroxylation is 1. The molecule has 1 amide bonds. The number of carbonyl (C=O) groups excluding carboxylic acids is 1. The van der Waals surface area contributed by atoms with Gasteiger partial charge in [-0.05, 0) is 30.5 Å². The zero-order valence-corrected chi connectivity index (χ0v) is 13.3. The number of aliphatic hydroxyl groups is 1. The van der Waals surface area contributed by atoms with Crippen molar-refractivity contribution in [3.05, 3.63) is 53.3 Å². The standard InChI is InChI=1S/C18H21NO4/c1-11-5-3-4-6-15(11)19-17(21)14-10-23-18(22-2)16-12(9-20)7-8-13(14)16/h3-7,10,13,16,18,20H,8-9H2,1-2H3,(H,19,21). The van der Waals surface area contributed by atoms with E-state index in [0.29, 0.717) is 12.0 Å². The first-order valence-corrected chi connectivity index (χ1v) is 7.70. The number of hydrogen-bond acceptors (Lipinski definition) is 4. The van der Waals surface area contributed by atoms with E-state index in [-0.39, 0.29) is 24.3 Å². The molecule has 0 saturated heterocycles. The number of ether oxygens (including phenoxy) is 2. The number of amides is 1. The van der Waals surface area contributed by atoms with Crippen molar-refractivity contribution in [2.24, 2.45) is 11.8 Å². The molecule has 0 aromatic heterocycles. The van der Waals surface area contributed by atoms with Crippen LogP contribution in [0.1, 0.15) is 12.0 Å². The number of methoxy groups -OCH3 is 1. The van der Waals surface area contributed by atoms with Gasteiger partial charge in [0.1, 0.15) is 0 Å². The van der Waals surface area contributed by atoms with Gasteiger partial charge in [0.05, 0.1) is 24.4 Å². The fourth-order valence-corrected chi connectivity index (χ4v) is 3.32. The Labute approximate surface area is 135 Å². The van der Waals surface area contributed by atoms with Crippen LogP contribution in [0.2, 0.25) is 0 Å². The second-order valence-electron chi connectivity index (χ2n) is 5.89. The molecule has 5 heteroatoms. The van der Waals surface area contributed by atoms with E-state index in [0.717, 1.165) is 16.8 Å². The van der Waals surface area contributed by atoms with E-state index in [4.69, 9.17) is 9.47 Å². The lowest BCUT2D eigenvalue weighted by Gasteiger charge is -2.34. The smallest absolute Gasteiger partial charge is 0.255 e. The minimum absolute atomic E-state index is 0.0279. The molecule has 1 aliphatic heterocycles. The van der Waals surface area contributed by atoms with Gasteiger partial charge in [-0.1, -0.05) is 24.3 Å². The monoisotopic (exact) mass is 315 g/mol. The van der Waals surface area contributed by atoms with E-state index in [1.54, 1.807) is 7.11 Å². The zero-order chi connectivity index (χ0) is 16.4. The Morgan fingerprint density at radius 2 is 2.22 bits per heavy atom. The molecule has 2 N–H and O–H groups in total. The number of allylic oxidation sites excluding steroid dienone is 1. The molecule has 0 saturated carbocycles. The van der Waals surface area contributed by atoms with Crippen molar-refractivity contribution in [2.75, 3.05) is 19.0 Å². The molecule has 0 spiro atoms. The summed E-state index contributed by atoms with van der Waals surface area (Å²) in [6, 6.07) is 7.64. The first kappa shape index (κ1) is 15.8. The maximum Gasteiger partial charge on any atom is 0.255 e. The summed E-state index contributed by atoms with van der Waals surface area (Å²) < 4.78 is 10.9. The molecular formula is C18H21NO4. The van der Waals surface area contributed by atoms with Gasteiger partial charge in [-0.15, -0.1) is 0 Å². The molecule has 1 aromatic rings. The second kappa shape index (κ2) is 6.56. The van der Waals surface area contributed by atoms with Crippen LogP contribution in [0.3, 0.4) is 0 Å². The molecule has 0 radical (unpaired) electrons. The molecule has 3 rings (SSSR count). The Balaban J connectivity index is 1.82. The number of anilines is 1.